The minimum Gasteiger partial charge on any atom is -0.462 e. The molecule has 0 aromatic carbocycles. The molecule has 0 aliphatic carbocycles. The molecule has 0 rings (SSSR count). The van der Waals surface area contributed by atoms with E-state index in [1.54, 1.807) is 0 Å². The van der Waals surface area contributed by atoms with E-state index in [1.165, 1.54) is 199 Å². The molecule has 1 unspecified atom stereocenters. The van der Waals surface area contributed by atoms with Crippen LogP contribution in [0.5, 0.6) is 0 Å². The van der Waals surface area contributed by atoms with E-state index in [-0.39, 0.29) is 31.1 Å². The fraction of sp³-hybridized carbons (Fsp3) is 0.828. The molecule has 0 saturated carbocycles. The SMILES string of the molecule is CCCC/C=C\CCCCCCCC(=O)OC(COC(=O)CCCCCCCCCCCC)COC(=O)CCCCCCCCCCCCCCCCCC/C=C\C/C=C\C/C=C\CCCCCCC. The number of ether oxygens (including phenoxy) is 3. The fourth-order valence-corrected chi connectivity index (χ4v) is 8.90. The molecule has 0 aromatic heterocycles. The zero-order valence-electron chi connectivity index (χ0n) is 46.8. The van der Waals surface area contributed by atoms with Crippen molar-refractivity contribution in [2.45, 2.75) is 329 Å². The van der Waals surface area contributed by atoms with Crippen molar-refractivity contribution in [3.8, 4) is 0 Å². The van der Waals surface area contributed by atoms with E-state index in [9.17, 15) is 14.4 Å². The molecule has 0 N–H and O–H groups in total. The third kappa shape index (κ3) is 56.3. The molecule has 6 heteroatoms. The van der Waals surface area contributed by atoms with Gasteiger partial charge in [-0.05, 0) is 77.0 Å². The summed E-state index contributed by atoms with van der Waals surface area (Å²) in [6.45, 7) is 6.60. The van der Waals surface area contributed by atoms with Crippen LogP contribution in [-0.2, 0) is 28.6 Å². The van der Waals surface area contributed by atoms with Gasteiger partial charge in [-0.2, -0.15) is 0 Å². The molecule has 0 radical (unpaired) electrons. The molecule has 0 bridgehead atoms. The highest BCUT2D eigenvalue weighted by molar-refractivity contribution is 5.71. The highest BCUT2D eigenvalue weighted by Gasteiger charge is 2.19. The van der Waals surface area contributed by atoms with Crippen LogP contribution in [0.15, 0.2) is 48.6 Å². The molecule has 0 aromatic rings. The number of hydrogen-bond donors (Lipinski definition) is 0. The van der Waals surface area contributed by atoms with Crippen molar-refractivity contribution >= 4 is 17.9 Å². The zero-order valence-corrected chi connectivity index (χ0v) is 46.8. The van der Waals surface area contributed by atoms with Crippen molar-refractivity contribution in [3.05, 3.63) is 48.6 Å². The third-order valence-electron chi connectivity index (χ3n) is 13.6. The Hall–Kier alpha value is -2.63. The average Bonchev–Trinajstić information content (AvgIpc) is 3.36. The first-order valence-corrected chi connectivity index (χ1v) is 30.6. The summed E-state index contributed by atoms with van der Waals surface area (Å²) >= 11 is 0. The summed E-state index contributed by atoms with van der Waals surface area (Å²) in [7, 11) is 0. The largest absolute Gasteiger partial charge is 0.462 e. The molecule has 0 aliphatic rings. The van der Waals surface area contributed by atoms with Crippen molar-refractivity contribution in [2.75, 3.05) is 13.2 Å². The molecular formula is C64H116O6. The number of carbonyl (C=O) groups excluding carboxylic acids is 3. The molecule has 70 heavy (non-hydrogen) atoms. The topological polar surface area (TPSA) is 78.9 Å². The minimum atomic E-state index is -0.772. The summed E-state index contributed by atoms with van der Waals surface area (Å²) in [6, 6.07) is 0. The summed E-state index contributed by atoms with van der Waals surface area (Å²) in [4.78, 5) is 38.0. The van der Waals surface area contributed by atoms with Gasteiger partial charge in [0.05, 0.1) is 0 Å². The monoisotopic (exact) mass is 981 g/mol. The van der Waals surface area contributed by atoms with Gasteiger partial charge >= 0.3 is 17.9 Å². The second-order valence-corrected chi connectivity index (χ2v) is 20.6. The normalized spacial score (nSPS) is 12.3. The van der Waals surface area contributed by atoms with Crippen molar-refractivity contribution < 1.29 is 28.6 Å². The number of hydrogen-bond acceptors (Lipinski definition) is 6. The Morgan fingerprint density at radius 1 is 0.286 bits per heavy atom. The van der Waals surface area contributed by atoms with E-state index in [1.807, 2.05) is 0 Å². The maximum Gasteiger partial charge on any atom is 0.306 e. The lowest BCUT2D eigenvalue weighted by Gasteiger charge is -2.18. The highest BCUT2D eigenvalue weighted by atomic mass is 16.6. The van der Waals surface area contributed by atoms with E-state index < -0.39 is 6.10 Å². The van der Waals surface area contributed by atoms with E-state index in [0.717, 1.165) is 83.5 Å². The van der Waals surface area contributed by atoms with Gasteiger partial charge in [-0.25, -0.2) is 0 Å². The van der Waals surface area contributed by atoms with Crippen LogP contribution in [0, 0.1) is 0 Å². The quantitative estimate of drug-likeness (QED) is 0.0261. The molecule has 0 amide bonds. The van der Waals surface area contributed by atoms with Gasteiger partial charge in [-0.15, -0.1) is 0 Å². The van der Waals surface area contributed by atoms with Crippen LogP contribution in [0.25, 0.3) is 0 Å². The Balaban J connectivity index is 4.04. The van der Waals surface area contributed by atoms with Gasteiger partial charge in [0.25, 0.3) is 0 Å². The summed E-state index contributed by atoms with van der Waals surface area (Å²) < 4.78 is 16.8. The van der Waals surface area contributed by atoms with Gasteiger partial charge in [0.15, 0.2) is 6.10 Å². The van der Waals surface area contributed by atoms with Crippen LogP contribution in [0.3, 0.4) is 0 Å². The van der Waals surface area contributed by atoms with Gasteiger partial charge in [-0.3, -0.25) is 14.4 Å². The van der Waals surface area contributed by atoms with Gasteiger partial charge in [-0.1, -0.05) is 275 Å². The van der Waals surface area contributed by atoms with Crippen molar-refractivity contribution in [3.63, 3.8) is 0 Å². The van der Waals surface area contributed by atoms with Crippen LogP contribution in [0.2, 0.25) is 0 Å². The van der Waals surface area contributed by atoms with Crippen LogP contribution in [0.4, 0.5) is 0 Å². The predicted octanol–water partition coefficient (Wildman–Crippen LogP) is 20.6. The van der Waals surface area contributed by atoms with Crippen molar-refractivity contribution in [1.29, 1.82) is 0 Å². The summed E-state index contributed by atoms with van der Waals surface area (Å²) in [6.07, 6.45) is 72.8. The molecule has 0 saturated heterocycles. The van der Waals surface area contributed by atoms with E-state index in [4.69, 9.17) is 14.2 Å². The van der Waals surface area contributed by atoms with Crippen molar-refractivity contribution in [1.82, 2.24) is 0 Å². The molecular weight excluding hydrogens is 865 g/mol. The molecule has 6 nitrogen and oxygen atoms in total. The lowest BCUT2D eigenvalue weighted by Crippen LogP contribution is -2.30. The molecule has 408 valence electrons. The smallest absolute Gasteiger partial charge is 0.306 e. The standard InChI is InChI=1S/C64H116O6/c1-4-7-10-13-16-19-22-23-24-25-26-27-28-29-30-31-32-33-34-35-36-37-38-39-40-41-43-45-48-51-54-57-63(66)69-60-61(59-68-62(65)56-53-50-47-44-21-18-15-12-9-6-3)70-64(67)58-55-52-49-46-42-20-17-14-11-8-5-2/h14,17,22-23,25-26,28-29,61H,4-13,15-16,18-21,24,27,30-60H2,1-3H3/b17-14-,23-22-,26-25-,29-28-. The van der Waals surface area contributed by atoms with Crippen molar-refractivity contribution in [2.24, 2.45) is 0 Å². The second-order valence-electron chi connectivity index (χ2n) is 20.6. The number of carbonyl (C=O) groups is 3. The van der Waals surface area contributed by atoms with Crippen LogP contribution >= 0.6 is 0 Å². The van der Waals surface area contributed by atoms with Gasteiger partial charge in [0, 0.05) is 19.3 Å². The maximum atomic E-state index is 12.8. The van der Waals surface area contributed by atoms with E-state index in [0.29, 0.717) is 19.3 Å². The first kappa shape index (κ1) is 67.4. The van der Waals surface area contributed by atoms with Gasteiger partial charge in [0.1, 0.15) is 13.2 Å². The molecule has 1 atom stereocenters. The zero-order chi connectivity index (χ0) is 50.7. The first-order valence-electron chi connectivity index (χ1n) is 30.6. The fourth-order valence-electron chi connectivity index (χ4n) is 8.90. The third-order valence-corrected chi connectivity index (χ3v) is 13.6. The number of rotatable bonds is 56. The van der Waals surface area contributed by atoms with E-state index in [2.05, 4.69) is 69.4 Å². The highest BCUT2D eigenvalue weighted by Crippen LogP contribution is 2.17. The first-order chi connectivity index (χ1) is 34.5. The second kappa shape index (κ2) is 58.9. The maximum absolute atomic E-state index is 12.8. The average molecular weight is 982 g/mol. The van der Waals surface area contributed by atoms with Crippen LogP contribution < -0.4 is 0 Å². The lowest BCUT2D eigenvalue weighted by atomic mass is 10.0. The van der Waals surface area contributed by atoms with E-state index >= 15 is 0 Å². The predicted molar refractivity (Wildman–Crippen MR) is 302 cm³/mol. The van der Waals surface area contributed by atoms with Crippen LogP contribution in [0.1, 0.15) is 323 Å². The number of unbranched alkanes of at least 4 members (excludes halogenated alkanes) is 37. The Morgan fingerprint density at radius 3 is 0.857 bits per heavy atom. The summed E-state index contributed by atoms with van der Waals surface area (Å²) in [5.41, 5.74) is 0. The molecule has 0 fully saturated rings. The molecule has 0 spiro atoms. The number of allylic oxidation sites excluding steroid dienone is 8. The Labute approximate surface area is 435 Å². The number of esters is 3. The molecule has 0 aliphatic heterocycles. The van der Waals surface area contributed by atoms with Crippen LogP contribution in [-0.4, -0.2) is 37.2 Å². The lowest BCUT2D eigenvalue weighted by molar-refractivity contribution is -0.167. The Bertz CT molecular complexity index is 1220. The Morgan fingerprint density at radius 2 is 0.529 bits per heavy atom. The van der Waals surface area contributed by atoms with Gasteiger partial charge in [0.2, 0.25) is 0 Å². The minimum absolute atomic E-state index is 0.0725. The summed E-state index contributed by atoms with van der Waals surface area (Å²) in [5, 5.41) is 0. The van der Waals surface area contributed by atoms with Gasteiger partial charge < -0.3 is 14.2 Å². The molecule has 0 heterocycles. The summed E-state index contributed by atoms with van der Waals surface area (Å²) in [5.74, 6) is -0.871. The Kier molecular flexibility index (Phi) is 56.7.